The number of alkyl halides is 1. The molecule has 53 valence electrons. The van der Waals surface area contributed by atoms with Crippen molar-refractivity contribution in [1.82, 2.24) is 0 Å². The van der Waals surface area contributed by atoms with Crippen LogP contribution >= 0.6 is 15.9 Å². The second-order valence-electron chi connectivity index (χ2n) is 2.16. The van der Waals surface area contributed by atoms with E-state index in [1.54, 1.807) is 0 Å². The van der Waals surface area contributed by atoms with E-state index in [1.807, 2.05) is 6.92 Å². The molecule has 1 aromatic rings. The normalized spacial score (nSPS) is 9.80. The first-order valence-corrected chi connectivity index (χ1v) is 4.43. The minimum absolute atomic E-state index is 0.941. The van der Waals surface area contributed by atoms with Gasteiger partial charge in [-0.05, 0) is 17.5 Å². The summed E-state index contributed by atoms with van der Waals surface area (Å²) in [5.41, 5.74) is 2.61. The van der Waals surface area contributed by atoms with Gasteiger partial charge in [-0.15, -0.1) is 0 Å². The quantitative estimate of drug-likeness (QED) is 0.640. The lowest BCUT2D eigenvalue weighted by Crippen LogP contribution is -1.78. The van der Waals surface area contributed by atoms with Gasteiger partial charge in [-0.25, -0.2) is 0 Å². The SMILES string of the molecule is C[CH]c1ccc(CBr)cc1. The van der Waals surface area contributed by atoms with Gasteiger partial charge in [0.25, 0.3) is 0 Å². The highest BCUT2D eigenvalue weighted by Crippen LogP contribution is 2.08. The van der Waals surface area contributed by atoms with Crippen molar-refractivity contribution >= 4 is 15.9 Å². The molecule has 0 nitrogen and oxygen atoms in total. The molecule has 0 aliphatic carbocycles. The lowest BCUT2D eigenvalue weighted by atomic mass is 10.1. The Morgan fingerprint density at radius 3 is 2.30 bits per heavy atom. The molecular weight excluding hydrogens is 188 g/mol. The van der Waals surface area contributed by atoms with Crippen LogP contribution in [0.1, 0.15) is 18.1 Å². The highest BCUT2D eigenvalue weighted by molar-refractivity contribution is 9.08. The monoisotopic (exact) mass is 197 g/mol. The maximum atomic E-state index is 3.39. The molecule has 1 aromatic carbocycles. The fourth-order valence-corrected chi connectivity index (χ4v) is 1.17. The maximum absolute atomic E-state index is 3.39. The Bertz CT molecular complexity index is 165. The number of hydrogen-bond acceptors (Lipinski definition) is 0. The Labute approximate surface area is 70.4 Å². The van der Waals surface area contributed by atoms with Crippen LogP contribution in [-0.4, -0.2) is 0 Å². The van der Waals surface area contributed by atoms with Gasteiger partial charge in [0, 0.05) is 5.33 Å². The minimum Gasteiger partial charge on any atom is -0.0876 e. The number of hydrogen-bond donors (Lipinski definition) is 0. The summed E-state index contributed by atoms with van der Waals surface area (Å²) in [6.45, 7) is 2.04. The van der Waals surface area contributed by atoms with Gasteiger partial charge in [-0.3, -0.25) is 0 Å². The molecule has 0 saturated heterocycles. The van der Waals surface area contributed by atoms with Crippen molar-refractivity contribution in [2.45, 2.75) is 12.3 Å². The van der Waals surface area contributed by atoms with Crippen molar-refractivity contribution in [3.05, 3.63) is 41.8 Å². The molecule has 0 aliphatic rings. The van der Waals surface area contributed by atoms with Gasteiger partial charge in [-0.2, -0.15) is 0 Å². The van der Waals surface area contributed by atoms with Crippen LogP contribution in [0.4, 0.5) is 0 Å². The van der Waals surface area contributed by atoms with Crippen LogP contribution in [-0.2, 0) is 5.33 Å². The molecule has 0 bridgehead atoms. The Kier molecular flexibility index (Phi) is 2.94. The lowest BCUT2D eigenvalue weighted by Gasteiger charge is -1.96. The van der Waals surface area contributed by atoms with Crippen molar-refractivity contribution in [3.8, 4) is 0 Å². The molecule has 0 aromatic heterocycles. The minimum atomic E-state index is 0.941. The summed E-state index contributed by atoms with van der Waals surface area (Å²) in [4.78, 5) is 0. The van der Waals surface area contributed by atoms with E-state index in [-0.39, 0.29) is 0 Å². The molecule has 0 spiro atoms. The third-order valence-corrected chi connectivity index (χ3v) is 2.11. The highest BCUT2D eigenvalue weighted by atomic mass is 79.9. The highest BCUT2D eigenvalue weighted by Gasteiger charge is 1.89. The largest absolute Gasteiger partial charge is 0.0876 e. The number of halogens is 1. The van der Waals surface area contributed by atoms with E-state index in [9.17, 15) is 0 Å². The topological polar surface area (TPSA) is 0 Å². The first-order valence-electron chi connectivity index (χ1n) is 3.31. The Morgan fingerprint density at radius 2 is 1.90 bits per heavy atom. The second kappa shape index (κ2) is 3.77. The summed E-state index contributed by atoms with van der Waals surface area (Å²) in [6, 6.07) is 8.50. The molecule has 1 radical (unpaired) electrons. The molecule has 0 unspecified atom stereocenters. The van der Waals surface area contributed by atoms with Crippen molar-refractivity contribution in [3.63, 3.8) is 0 Å². The van der Waals surface area contributed by atoms with Crippen molar-refractivity contribution in [1.29, 1.82) is 0 Å². The lowest BCUT2D eigenvalue weighted by molar-refractivity contribution is 1.37. The molecule has 0 saturated carbocycles. The van der Waals surface area contributed by atoms with Crippen LogP contribution in [0.2, 0.25) is 0 Å². The van der Waals surface area contributed by atoms with E-state index in [0.717, 1.165) is 5.33 Å². The predicted molar refractivity (Wildman–Crippen MR) is 48.1 cm³/mol. The summed E-state index contributed by atoms with van der Waals surface area (Å²) >= 11 is 3.39. The second-order valence-corrected chi connectivity index (χ2v) is 2.72. The van der Waals surface area contributed by atoms with E-state index in [1.165, 1.54) is 11.1 Å². The molecule has 10 heavy (non-hydrogen) atoms. The predicted octanol–water partition coefficient (Wildman–Crippen LogP) is 3.15. The van der Waals surface area contributed by atoms with Crippen LogP contribution in [0.3, 0.4) is 0 Å². The maximum Gasteiger partial charge on any atom is 0.0283 e. The third-order valence-electron chi connectivity index (χ3n) is 1.47. The Balaban J connectivity index is 2.80. The van der Waals surface area contributed by atoms with Gasteiger partial charge in [0.05, 0.1) is 0 Å². The molecule has 0 N–H and O–H groups in total. The van der Waals surface area contributed by atoms with Crippen LogP contribution in [0.15, 0.2) is 24.3 Å². The molecule has 0 fully saturated rings. The molecule has 1 rings (SSSR count). The molecule has 0 aliphatic heterocycles. The average molecular weight is 198 g/mol. The zero-order chi connectivity index (χ0) is 7.40. The van der Waals surface area contributed by atoms with Crippen molar-refractivity contribution in [2.75, 3.05) is 0 Å². The first kappa shape index (κ1) is 7.80. The molecule has 0 amide bonds. The number of rotatable bonds is 2. The smallest absolute Gasteiger partial charge is 0.0283 e. The zero-order valence-corrected chi connectivity index (χ0v) is 7.56. The van der Waals surface area contributed by atoms with E-state index in [0.29, 0.717) is 0 Å². The van der Waals surface area contributed by atoms with E-state index >= 15 is 0 Å². The summed E-state index contributed by atoms with van der Waals surface area (Å²) in [5, 5.41) is 0.941. The van der Waals surface area contributed by atoms with E-state index < -0.39 is 0 Å². The van der Waals surface area contributed by atoms with Gasteiger partial charge in [-0.1, -0.05) is 47.1 Å². The molecule has 0 heterocycles. The van der Waals surface area contributed by atoms with Gasteiger partial charge in [0.2, 0.25) is 0 Å². The standard InChI is InChI=1S/C9H10Br/c1-2-8-3-5-9(7-10)6-4-8/h2-6H,7H2,1H3. The Morgan fingerprint density at radius 1 is 1.30 bits per heavy atom. The summed E-state index contributed by atoms with van der Waals surface area (Å²) < 4.78 is 0. The van der Waals surface area contributed by atoms with Crippen LogP contribution in [0.25, 0.3) is 0 Å². The van der Waals surface area contributed by atoms with Crippen molar-refractivity contribution < 1.29 is 0 Å². The Hall–Kier alpha value is -0.300. The van der Waals surface area contributed by atoms with Crippen LogP contribution < -0.4 is 0 Å². The summed E-state index contributed by atoms with van der Waals surface area (Å²) in [7, 11) is 0. The first-order chi connectivity index (χ1) is 4.86. The van der Waals surface area contributed by atoms with E-state index in [2.05, 4.69) is 46.6 Å². The van der Waals surface area contributed by atoms with Gasteiger partial charge in [0.15, 0.2) is 0 Å². The summed E-state index contributed by atoms with van der Waals surface area (Å²) in [5.74, 6) is 0. The molecule has 0 atom stereocenters. The van der Waals surface area contributed by atoms with Crippen LogP contribution in [0, 0.1) is 6.42 Å². The zero-order valence-electron chi connectivity index (χ0n) is 5.97. The third kappa shape index (κ3) is 1.84. The van der Waals surface area contributed by atoms with Crippen molar-refractivity contribution in [2.24, 2.45) is 0 Å². The van der Waals surface area contributed by atoms with E-state index in [4.69, 9.17) is 0 Å². The fraction of sp³-hybridized carbons (Fsp3) is 0.222. The van der Waals surface area contributed by atoms with Gasteiger partial charge in [0.1, 0.15) is 0 Å². The molecule has 1 heteroatoms. The average Bonchev–Trinajstić information content (AvgIpc) is 2.05. The fourth-order valence-electron chi connectivity index (χ4n) is 0.799. The van der Waals surface area contributed by atoms with Gasteiger partial charge >= 0.3 is 0 Å². The molecular formula is C9H10Br. The van der Waals surface area contributed by atoms with Crippen LogP contribution in [0.5, 0.6) is 0 Å². The number of benzene rings is 1. The summed E-state index contributed by atoms with van der Waals surface area (Å²) in [6.07, 6.45) is 2.10. The van der Waals surface area contributed by atoms with Gasteiger partial charge < -0.3 is 0 Å².